The van der Waals surface area contributed by atoms with E-state index in [1.807, 2.05) is 30.5 Å². The maximum Gasteiger partial charge on any atom is 0.225 e. The predicted molar refractivity (Wildman–Crippen MR) is 113 cm³/mol. The van der Waals surface area contributed by atoms with Gasteiger partial charge in [0.25, 0.3) is 0 Å². The van der Waals surface area contributed by atoms with Crippen LogP contribution in [-0.4, -0.2) is 36.1 Å². The quantitative estimate of drug-likeness (QED) is 0.841. The number of anilines is 1. The molecule has 1 saturated heterocycles. The summed E-state index contributed by atoms with van der Waals surface area (Å²) in [5.41, 5.74) is 3.16. The zero-order chi connectivity index (χ0) is 20.4. The van der Waals surface area contributed by atoms with Crippen LogP contribution in [-0.2, 0) is 17.6 Å². The van der Waals surface area contributed by atoms with Crippen molar-refractivity contribution in [3.8, 4) is 5.75 Å². The molecule has 4 rings (SSSR count). The van der Waals surface area contributed by atoms with E-state index in [-0.39, 0.29) is 17.4 Å². The molecule has 2 heterocycles. The lowest BCUT2D eigenvalue weighted by Crippen LogP contribution is -2.38. The molecule has 1 N–H and O–H groups in total. The molecule has 1 atom stereocenters. The first-order chi connectivity index (χ1) is 13.9. The Kier molecular flexibility index (Phi) is 5.43. The standard InChI is InChI=1S/C23H30N4O2/c1-23(2)13-19(25-21(28)12-16-7-6-8-17(11-16)29-3)18-15-24-22(26-20(18)14-23)27-9-4-5-10-27/h6-8,11,15,19H,4-5,9-10,12-14H2,1-3H3,(H,25,28)/t19-/m0/s1. The molecule has 2 aromatic rings. The number of carbonyl (C=O) groups excluding carboxylic acids is 1. The van der Waals surface area contributed by atoms with Gasteiger partial charge in [0, 0.05) is 24.8 Å². The molecule has 1 fully saturated rings. The minimum atomic E-state index is -0.0560. The summed E-state index contributed by atoms with van der Waals surface area (Å²) in [6, 6.07) is 7.60. The predicted octanol–water partition coefficient (Wildman–Crippen LogP) is 3.46. The molecule has 6 heteroatoms. The zero-order valence-corrected chi connectivity index (χ0v) is 17.6. The average Bonchev–Trinajstić information content (AvgIpc) is 3.21. The van der Waals surface area contributed by atoms with Crippen LogP contribution >= 0.6 is 0 Å². The van der Waals surface area contributed by atoms with E-state index in [4.69, 9.17) is 9.72 Å². The highest BCUT2D eigenvalue weighted by atomic mass is 16.5. The van der Waals surface area contributed by atoms with Gasteiger partial charge in [0.2, 0.25) is 11.9 Å². The van der Waals surface area contributed by atoms with Crippen molar-refractivity contribution in [3.63, 3.8) is 0 Å². The second-order valence-corrected chi connectivity index (χ2v) is 8.96. The number of methoxy groups -OCH3 is 1. The number of fused-ring (bicyclic) bond motifs is 1. The molecule has 29 heavy (non-hydrogen) atoms. The van der Waals surface area contributed by atoms with E-state index in [0.29, 0.717) is 6.42 Å². The van der Waals surface area contributed by atoms with Crippen LogP contribution in [0.1, 0.15) is 56.0 Å². The SMILES string of the molecule is COc1cccc(CC(=O)N[C@H]2CC(C)(C)Cc3nc(N4CCCC4)ncc32)c1. The Hall–Kier alpha value is -2.63. The highest BCUT2D eigenvalue weighted by molar-refractivity contribution is 5.79. The molecule has 0 spiro atoms. The van der Waals surface area contributed by atoms with Gasteiger partial charge in [0.15, 0.2) is 0 Å². The average molecular weight is 395 g/mol. The molecule has 0 unspecified atom stereocenters. The van der Waals surface area contributed by atoms with E-state index in [9.17, 15) is 4.79 Å². The first-order valence-corrected chi connectivity index (χ1v) is 10.5. The number of benzene rings is 1. The fourth-order valence-corrected chi connectivity index (χ4v) is 4.45. The Morgan fingerprint density at radius 3 is 2.86 bits per heavy atom. The topological polar surface area (TPSA) is 67.3 Å². The van der Waals surface area contributed by atoms with Crippen LogP contribution < -0.4 is 15.0 Å². The number of amides is 1. The van der Waals surface area contributed by atoms with Crippen LogP contribution in [0.5, 0.6) is 5.75 Å². The van der Waals surface area contributed by atoms with Gasteiger partial charge in [-0.1, -0.05) is 26.0 Å². The monoisotopic (exact) mass is 394 g/mol. The second kappa shape index (κ2) is 8.01. The Morgan fingerprint density at radius 2 is 2.10 bits per heavy atom. The van der Waals surface area contributed by atoms with E-state index < -0.39 is 0 Å². The zero-order valence-electron chi connectivity index (χ0n) is 17.6. The van der Waals surface area contributed by atoms with E-state index in [1.165, 1.54) is 12.8 Å². The Morgan fingerprint density at radius 1 is 1.31 bits per heavy atom. The van der Waals surface area contributed by atoms with Crippen LogP contribution in [0.15, 0.2) is 30.5 Å². The van der Waals surface area contributed by atoms with E-state index in [0.717, 1.165) is 54.4 Å². The van der Waals surface area contributed by atoms with E-state index >= 15 is 0 Å². The molecular formula is C23H30N4O2. The molecule has 1 amide bonds. The number of carbonyl (C=O) groups is 1. The molecule has 0 radical (unpaired) electrons. The van der Waals surface area contributed by atoms with Gasteiger partial charge < -0.3 is 15.0 Å². The van der Waals surface area contributed by atoms with Gasteiger partial charge in [0.05, 0.1) is 25.3 Å². The third-order valence-corrected chi connectivity index (χ3v) is 5.89. The summed E-state index contributed by atoms with van der Waals surface area (Å²) >= 11 is 0. The number of aromatic nitrogens is 2. The summed E-state index contributed by atoms with van der Waals surface area (Å²) < 4.78 is 5.26. The number of nitrogens with one attached hydrogen (secondary N) is 1. The molecule has 6 nitrogen and oxygen atoms in total. The smallest absolute Gasteiger partial charge is 0.225 e. The van der Waals surface area contributed by atoms with Gasteiger partial charge in [-0.25, -0.2) is 9.97 Å². The van der Waals surface area contributed by atoms with E-state index in [1.54, 1.807) is 7.11 Å². The fourth-order valence-electron chi connectivity index (χ4n) is 4.45. The molecule has 0 saturated carbocycles. The van der Waals surface area contributed by atoms with Gasteiger partial charge in [-0.15, -0.1) is 0 Å². The number of hydrogen-bond acceptors (Lipinski definition) is 5. The van der Waals surface area contributed by atoms with Gasteiger partial charge in [0.1, 0.15) is 5.75 Å². The molecule has 1 aliphatic heterocycles. The normalized spacial score (nSPS) is 20.2. The highest BCUT2D eigenvalue weighted by Crippen LogP contribution is 2.40. The number of hydrogen-bond donors (Lipinski definition) is 1. The third kappa shape index (κ3) is 4.52. The fraction of sp³-hybridized carbons (Fsp3) is 0.522. The summed E-state index contributed by atoms with van der Waals surface area (Å²) in [5, 5.41) is 3.23. The van der Waals surface area contributed by atoms with Crippen LogP contribution in [0.2, 0.25) is 0 Å². The van der Waals surface area contributed by atoms with Gasteiger partial charge in [-0.3, -0.25) is 4.79 Å². The molecule has 1 aliphatic carbocycles. The van der Waals surface area contributed by atoms with Crippen molar-refractivity contribution in [1.82, 2.24) is 15.3 Å². The summed E-state index contributed by atoms with van der Waals surface area (Å²) in [6.45, 7) is 6.55. The summed E-state index contributed by atoms with van der Waals surface area (Å²) in [4.78, 5) is 24.6. The number of rotatable bonds is 5. The lowest BCUT2D eigenvalue weighted by Gasteiger charge is -2.36. The van der Waals surface area contributed by atoms with Crippen molar-refractivity contribution in [2.24, 2.45) is 5.41 Å². The summed E-state index contributed by atoms with van der Waals surface area (Å²) in [6.07, 6.45) is 6.46. The maximum absolute atomic E-state index is 12.8. The lowest BCUT2D eigenvalue weighted by atomic mass is 9.74. The first-order valence-electron chi connectivity index (χ1n) is 10.5. The number of nitrogens with zero attached hydrogens (tertiary/aromatic N) is 3. The largest absolute Gasteiger partial charge is 0.497 e. The summed E-state index contributed by atoms with van der Waals surface area (Å²) in [7, 11) is 1.64. The Bertz CT molecular complexity index is 890. The van der Waals surface area contributed by atoms with Crippen LogP contribution in [0.25, 0.3) is 0 Å². The van der Waals surface area contributed by atoms with Crippen molar-refractivity contribution in [1.29, 1.82) is 0 Å². The van der Waals surface area contributed by atoms with Crippen molar-refractivity contribution < 1.29 is 9.53 Å². The second-order valence-electron chi connectivity index (χ2n) is 8.96. The van der Waals surface area contributed by atoms with Crippen LogP contribution in [0, 0.1) is 5.41 Å². The molecular weight excluding hydrogens is 364 g/mol. The van der Waals surface area contributed by atoms with Gasteiger partial charge >= 0.3 is 0 Å². The molecule has 2 aliphatic rings. The van der Waals surface area contributed by atoms with Crippen LogP contribution in [0.3, 0.4) is 0 Å². The van der Waals surface area contributed by atoms with E-state index in [2.05, 4.69) is 29.0 Å². The Balaban J connectivity index is 1.52. The molecule has 1 aromatic carbocycles. The van der Waals surface area contributed by atoms with Crippen molar-refractivity contribution in [2.75, 3.05) is 25.1 Å². The van der Waals surface area contributed by atoms with Crippen LogP contribution in [0.4, 0.5) is 5.95 Å². The maximum atomic E-state index is 12.8. The highest BCUT2D eigenvalue weighted by Gasteiger charge is 2.35. The minimum absolute atomic E-state index is 0.00974. The van der Waals surface area contributed by atoms with Gasteiger partial charge in [-0.05, 0) is 48.8 Å². The Labute approximate surface area is 172 Å². The minimum Gasteiger partial charge on any atom is -0.497 e. The first kappa shape index (κ1) is 19.7. The summed E-state index contributed by atoms with van der Waals surface area (Å²) in [5.74, 6) is 1.61. The third-order valence-electron chi connectivity index (χ3n) is 5.89. The van der Waals surface area contributed by atoms with Crippen molar-refractivity contribution >= 4 is 11.9 Å². The lowest BCUT2D eigenvalue weighted by molar-refractivity contribution is -0.121. The van der Waals surface area contributed by atoms with Gasteiger partial charge in [-0.2, -0.15) is 0 Å². The van der Waals surface area contributed by atoms with Crippen molar-refractivity contribution in [2.45, 2.75) is 52.0 Å². The molecule has 154 valence electrons. The molecule has 0 bridgehead atoms. The molecule has 1 aromatic heterocycles. The number of ether oxygens (including phenoxy) is 1. The van der Waals surface area contributed by atoms with Crippen molar-refractivity contribution in [3.05, 3.63) is 47.3 Å².